The van der Waals surface area contributed by atoms with Gasteiger partial charge in [0, 0.05) is 23.2 Å². The number of amides is 2. The molecule has 8 heteroatoms. The van der Waals surface area contributed by atoms with Crippen molar-refractivity contribution in [2.75, 3.05) is 19.0 Å². The lowest BCUT2D eigenvalue weighted by molar-refractivity contribution is -0.0518. The average molecular weight is 392 g/mol. The van der Waals surface area contributed by atoms with Gasteiger partial charge in [0.1, 0.15) is 0 Å². The van der Waals surface area contributed by atoms with E-state index in [1.165, 1.54) is 7.11 Å². The molecule has 1 fully saturated rings. The monoisotopic (exact) mass is 392 g/mol. The molecule has 1 saturated carbocycles. The van der Waals surface area contributed by atoms with E-state index in [0.717, 1.165) is 12.8 Å². The normalized spacial score (nSPS) is 20.8. The van der Waals surface area contributed by atoms with Gasteiger partial charge in [-0.25, -0.2) is 9.78 Å². The van der Waals surface area contributed by atoms with Crippen molar-refractivity contribution < 1.29 is 19.4 Å². The van der Waals surface area contributed by atoms with Crippen molar-refractivity contribution in [3.63, 3.8) is 0 Å². The van der Waals surface area contributed by atoms with Gasteiger partial charge in [-0.1, -0.05) is 24.3 Å². The number of imidazole rings is 1. The predicted molar refractivity (Wildman–Crippen MR) is 105 cm³/mol. The van der Waals surface area contributed by atoms with Crippen LogP contribution in [0.4, 0.5) is 10.7 Å². The highest BCUT2D eigenvalue weighted by atomic mass is 16.5. The molecule has 0 bridgehead atoms. The second-order valence-corrected chi connectivity index (χ2v) is 7.51. The first-order valence-electron chi connectivity index (χ1n) is 9.50. The van der Waals surface area contributed by atoms with Gasteiger partial charge in [-0.3, -0.25) is 10.1 Å². The van der Waals surface area contributed by atoms with Crippen LogP contribution in [0.25, 0.3) is 11.0 Å². The highest BCUT2D eigenvalue weighted by Gasteiger charge is 2.51. The number of nitrogens with zero attached hydrogens (tertiary/aromatic N) is 2. The first kappa shape index (κ1) is 17.7. The van der Waals surface area contributed by atoms with E-state index in [9.17, 15) is 14.7 Å². The van der Waals surface area contributed by atoms with Gasteiger partial charge in [0.25, 0.3) is 5.91 Å². The summed E-state index contributed by atoms with van der Waals surface area (Å²) in [6.45, 7) is 0.514. The minimum absolute atomic E-state index is 0.159. The summed E-state index contributed by atoms with van der Waals surface area (Å²) in [6, 6.07) is 12.5. The first-order chi connectivity index (χ1) is 14.0. The van der Waals surface area contributed by atoms with E-state index < -0.39 is 11.8 Å². The predicted octanol–water partition coefficient (Wildman–Crippen LogP) is 2.80. The van der Waals surface area contributed by atoms with Crippen LogP contribution in [0.15, 0.2) is 42.5 Å². The fraction of sp³-hybridized carbons (Fsp3) is 0.286. The topological polar surface area (TPSA) is 108 Å². The molecule has 1 aromatic heterocycles. The van der Waals surface area contributed by atoms with Crippen LogP contribution >= 0.6 is 0 Å². The smallest absolute Gasteiger partial charge is 0.413 e. The van der Waals surface area contributed by atoms with Crippen LogP contribution in [0.3, 0.4) is 0 Å². The Labute approximate surface area is 166 Å². The Morgan fingerprint density at radius 2 is 2.14 bits per heavy atom. The quantitative estimate of drug-likeness (QED) is 0.633. The molecule has 3 N–H and O–H groups in total. The Bertz CT molecular complexity index is 1140. The molecule has 3 aromatic rings. The minimum atomic E-state index is -1.55. The second kappa shape index (κ2) is 6.31. The third-order valence-corrected chi connectivity index (χ3v) is 5.60. The van der Waals surface area contributed by atoms with Gasteiger partial charge >= 0.3 is 6.09 Å². The van der Waals surface area contributed by atoms with Gasteiger partial charge in [0.05, 0.1) is 18.1 Å². The van der Waals surface area contributed by atoms with E-state index in [1.54, 1.807) is 41.3 Å². The first-order valence-corrected chi connectivity index (χ1v) is 9.50. The molecule has 2 heterocycles. The number of carbonyl (C=O) groups is 2. The van der Waals surface area contributed by atoms with Crippen LogP contribution in [0.2, 0.25) is 0 Å². The SMILES string of the molecule is COC(=O)Nc1nc2ccc(C3(O)c4ccccc4C(=O)N3CC3CC3)cc2[nH]1. The Kier molecular flexibility index (Phi) is 3.85. The van der Waals surface area contributed by atoms with Crippen LogP contribution in [-0.2, 0) is 10.5 Å². The molecule has 1 atom stereocenters. The van der Waals surface area contributed by atoms with Crippen molar-refractivity contribution in [1.29, 1.82) is 0 Å². The summed E-state index contributed by atoms with van der Waals surface area (Å²) in [4.78, 5) is 33.4. The van der Waals surface area contributed by atoms with E-state index in [0.29, 0.717) is 40.2 Å². The van der Waals surface area contributed by atoms with Gasteiger partial charge < -0.3 is 19.7 Å². The number of anilines is 1. The Morgan fingerprint density at radius 1 is 1.34 bits per heavy atom. The maximum atomic E-state index is 13.1. The van der Waals surface area contributed by atoms with Crippen LogP contribution in [-0.4, -0.2) is 45.6 Å². The third-order valence-electron chi connectivity index (χ3n) is 5.60. The number of fused-ring (bicyclic) bond motifs is 2. The molecular formula is C21H20N4O4. The van der Waals surface area contributed by atoms with E-state index in [2.05, 4.69) is 20.0 Å². The molecule has 1 aliphatic carbocycles. The minimum Gasteiger partial charge on any atom is -0.453 e. The molecule has 1 unspecified atom stereocenters. The van der Waals surface area contributed by atoms with Gasteiger partial charge in [-0.15, -0.1) is 0 Å². The molecule has 2 aromatic carbocycles. The van der Waals surface area contributed by atoms with Crippen molar-refractivity contribution in [3.8, 4) is 0 Å². The molecular weight excluding hydrogens is 372 g/mol. The molecule has 2 amide bonds. The highest BCUT2D eigenvalue weighted by molar-refractivity contribution is 6.00. The summed E-state index contributed by atoms with van der Waals surface area (Å²) < 4.78 is 4.58. The van der Waals surface area contributed by atoms with Gasteiger partial charge in [-0.05, 0) is 37.0 Å². The number of aromatic amines is 1. The van der Waals surface area contributed by atoms with Gasteiger partial charge in [-0.2, -0.15) is 0 Å². The summed E-state index contributed by atoms with van der Waals surface area (Å²) in [5, 5.41) is 14.3. The lowest BCUT2D eigenvalue weighted by Gasteiger charge is -2.35. The number of methoxy groups -OCH3 is 1. The number of H-pyrrole nitrogens is 1. The van der Waals surface area contributed by atoms with E-state index in [4.69, 9.17) is 0 Å². The molecule has 0 radical (unpaired) electrons. The van der Waals surface area contributed by atoms with E-state index in [-0.39, 0.29) is 11.9 Å². The number of hydrogen-bond acceptors (Lipinski definition) is 5. The summed E-state index contributed by atoms with van der Waals surface area (Å²) in [5.74, 6) is 0.507. The van der Waals surface area contributed by atoms with Crippen molar-refractivity contribution in [2.24, 2.45) is 5.92 Å². The van der Waals surface area contributed by atoms with Crippen molar-refractivity contribution >= 4 is 29.0 Å². The summed E-state index contributed by atoms with van der Waals surface area (Å²) >= 11 is 0. The molecule has 8 nitrogen and oxygen atoms in total. The number of aliphatic hydroxyl groups is 1. The molecule has 2 aliphatic rings. The average Bonchev–Trinajstić information content (AvgIpc) is 3.43. The maximum Gasteiger partial charge on any atom is 0.413 e. The summed E-state index contributed by atoms with van der Waals surface area (Å²) in [5.41, 5.74) is 1.37. The molecule has 148 valence electrons. The number of ether oxygens (including phenoxy) is 1. The Hall–Kier alpha value is -3.39. The van der Waals surface area contributed by atoms with Gasteiger partial charge in [0.2, 0.25) is 5.95 Å². The number of benzene rings is 2. The number of carbonyl (C=O) groups excluding carboxylic acids is 2. The molecule has 29 heavy (non-hydrogen) atoms. The van der Waals surface area contributed by atoms with Crippen molar-refractivity contribution in [2.45, 2.75) is 18.6 Å². The summed E-state index contributed by atoms with van der Waals surface area (Å²) in [7, 11) is 1.27. The van der Waals surface area contributed by atoms with Crippen LogP contribution < -0.4 is 5.32 Å². The Balaban J connectivity index is 1.60. The van der Waals surface area contributed by atoms with Gasteiger partial charge in [0.15, 0.2) is 5.72 Å². The lowest BCUT2D eigenvalue weighted by Crippen LogP contribution is -2.45. The molecule has 1 aliphatic heterocycles. The maximum absolute atomic E-state index is 13.1. The molecule has 0 spiro atoms. The van der Waals surface area contributed by atoms with Crippen molar-refractivity contribution in [3.05, 3.63) is 59.2 Å². The second-order valence-electron chi connectivity index (χ2n) is 7.51. The number of nitrogens with one attached hydrogen (secondary N) is 2. The van der Waals surface area contributed by atoms with Crippen LogP contribution in [0.1, 0.15) is 34.3 Å². The lowest BCUT2D eigenvalue weighted by atomic mass is 9.93. The van der Waals surface area contributed by atoms with Crippen LogP contribution in [0, 0.1) is 5.92 Å². The van der Waals surface area contributed by atoms with Crippen molar-refractivity contribution in [1.82, 2.24) is 14.9 Å². The van der Waals surface area contributed by atoms with Crippen LogP contribution in [0.5, 0.6) is 0 Å². The molecule has 5 rings (SSSR count). The van der Waals surface area contributed by atoms with E-state index in [1.807, 2.05) is 6.07 Å². The fourth-order valence-electron chi connectivity index (χ4n) is 3.93. The van der Waals surface area contributed by atoms with E-state index >= 15 is 0 Å². The molecule has 0 saturated heterocycles. The fourth-order valence-corrected chi connectivity index (χ4v) is 3.93. The standard InChI is InChI=1S/C21H20N4O4/c1-29-20(27)24-19-22-16-9-8-13(10-17(16)23-19)21(28)15-5-3-2-4-14(15)18(26)25(21)11-12-6-7-12/h2-5,8-10,12,28H,6-7,11H2,1H3,(H2,22,23,24,27). The number of aromatic nitrogens is 2. The largest absolute Gasteiger partial charge is 0.453 e. The zero-order valence-corrected chi connectivity index (χ0v) is 15.8. The third kappa shape index (κ3) is 2.75. The number of rotatable bonds is 4. The highest BCUT2D eigenvalue weighted by Crippen LogP contribution is 2.45. The number of hydrogen-bond donors (Lipinski definition) is 3. The Morgan fingerprint density at radius 3 is 2.90 bits per heavy atom. The summed E-state index contributed by atoms with van der Waals surface area (Å²) in [6.07, 6.45) is 1.50. The zero-order valence-electron chi connectivity index (χ0n) is 15.8. The zero-order chi connectivity index (χ0) is 20.2.